The van der Waals surface area contributed by atoms with Gasteiger partial charge in [-0.3, -0.25) is 9.59 Å². The first kappa shape index (κ1) is 20.7. The molecular formula is C21H21F3N2O3. The summed E-state index contributed by atoms with van der Waals surface area (Å²) in [6.07, 6.45) is -4.47. The minimum Gasteiger partial charge on any atom is -0.495 e. The minimum absolute atomic E-state index is 0.110. The van der Waals surface area contributed by atoms with Gasteiger partial charge in [-0.25, -0.2) is 0 Å². The van der Waals surface area contributed by atoms with E-state index in [-0.39, 0.29) is 24.6 Å². The van der Waals surface area contributed by atoms with Crippen molar-refractivity contribution >= 4 is 17.5 Å². The molecule has 0 saturated carbocycles. The first-order valence-electron chi connectivity index (χ1n) is 9.07. The summed E-state index contributed by atoms with van der Waals surface area (Å²) in [5.74, 6) is -0.200. The number of carbonyl (C=O) groups is 2. The molecule has 0 N–H and O–H groups in total. The molecule has 0 aromatic heterocycles. The molecule has 0 spiro atoms. The Morgan fingerprint density at radius 3 is 2.34 bits per heavy atom. The number of amides is 2. The van der Waals surface area contributed by atoms with Gasteiger partial charge in [0.1, 0.15) is 11.8 Å². The molecule has 2 aromatic rings. The van der Waals surface area contributed by atoms with Gasteiger partial charge in [-0.2, -0.15) is 13.2 Å². The van der Waals surface area contributed by atoms with E-state index in [0.717, 1.165) is 29.8 Å². The Labute approximate surface area is 166 Å². The molecule has 2 aromatic carbocycles. The second kappa shape index (κ2) is 7.77. The molecular weight excluding hydrogens is 385 g/mol. The fourth-order valence-electron chi connectivity index (χ4n) is 3.37. The topological polar surface area (TPSA) is 49.9 Å². The fourth-order valence-corrected chi connectivity index (χ4v) is 3.37. The first-order chi connectivity index (χ1) is 13.6. The zero-order chi connectivity index (χ0) is 21.3. The predicted octanol–water partition coefficient (Wildman–Crippen LogP) is 3.90. The Kier molecular flexibility index (Phi) is 5.55. The number of aryl methyl sites for hydroxylation is 1. The Morgan fingerprint density at radius 2 is 1.76 bits per heavy atom. The third-order valence-electron chi connectivity index (χ3n) is 5.00. The Morgan fingerprint density at radius 1 is 1.10 bits per heavy atom. The van der Waals surface area contributed by atoms with Gasteiger partial charge < -0.3 is 14.5 Å². The van der Waals surface area contributed by atoms with E-state index in [1.807, 2.05) is 19.1 Å². The average molecular weight is 406 g/mol. The maximum absolute atomic E-state index is 13.0. The Bertz CT molecular complexity index is 926. The minimum atomic E-state index is -4.47. The van der Waals surface area contributed by atoms with Crippen molar-refractivity contribution in [1.29, 1.82) is 0 Å². The highest BCUT2D eigenvalue weighted by Gasteiger charge is 2.37. The molecule has 3 rings (SSSR count). The van der Waals surface area contributed by atoms with Gasteiger partial charge in [0.2, 0.25) is 5.91 Å². The van der Waals surface area contributed by atoms with Crippen LogP contribution in [-0.2, 0) is 11.0 Å². The molecule has 0 aliphatic carbocycles. The molecule has 0 unspecified atom stereocenters. The zero-order valence-corrected chi connectivity index (χ0v) is 16.3. The van der Waals surface area contributed by atoms with Crippen LogP contribution in [0.1, 0.15) is 28.4 Å². The van der Waals surface area contributed by atoms with E-state index in [4.69, 9.17) is 4.74 Å². The second-order valence-corrected chi connectivity index (χ2v) is 6.91. The fraction of sp³-hybridized carbons (Fsp3) is 0.333. The first-order valence-corrected chi connectivity index (χ1v) is 9.07. The molecule has 2 amide bonds. The van der Waals surface area contributed by atoms with Crippen LogP contribution in [0.15, 0.2) is 42.5 Å². The van der Waals surface area contributed by atoms with Crippen LogP contribution >= 0.6 is 0 Å². The number of benzene rings is 2. The summed E-state index contributed by atoms with van der Waals surface area (Å²) in [6, 6.07) is 8.75. The quantitative estimate of drug-likeness (QED) is 0.777. The van der Waals surface area contributed by atoms with Gasteiger partial charge in [-0.1, -0.05) is 6.07 Å². The average Bonchev–Trinajstić information content (AvgIpc) is 2.69. The third-order valence-corrected chi connectivity index (χ3v) is 5.00. The van der Waals surface area contributed by atoms with E-state index in [9.17, 15) is 22.8 Å². The lowest BCUT2D eigenvalue weighted by molar-refractivity contribution is -0.137. The van der Waals surface area contributed by atoms with E-state index < -0.39 is 23.7 Å². The Balaban J connectivity index is 1.81. The molecule has 8 heteroatoms. The van der Waals surface area contributed by atoms with Gasteiger partial charge in [0.25, 0.3) is 5.91 Å². The SMILES string of the molecule is COc1ccc(C)cc1N1CCN(C(=O)c2ccc(C(F)(F)F)cc2)[C@H](C)C1=O. The van der Waals surface area contributed by atoms with E-state index in [0.29, 0.717) is 11.4 Å². The van der Waals surface area contributed by atoms with Crippen molar-refractivity contribution in [1.82, 2.24) is 4.90 Å². The normalized spacial score (nSPS) is 17.4. The number of hydrogen-bond donors (Lipinski definition) is 0. The number of ether oxygens (including phenoxy) is 1. The van der Waals surface area contributed by atoms with E-state index in [1.165, 1.54) is 12.0 Å². The monoisotopic (exact) mass is 406 g/mol. The van der Waals surface area contributed by atoms with Crippen molar-refractivity contribution < 1.29 is 27.5 Å². The lowest BCUT2D eigenvalue weighted by atomic mass is 10.1. The summed E-state index contributed by atoms with van der Waals surface area (Å²) in [6.45, 7) is 4.03. The van der Waals surface area contributed by atoms with E-state index >= 15 is 0 Å². The lowest BCUT2D eigenvalue weighted by Gasteiger charge is -2.39. The lowest BCUT2D eigenvalue weighted by Crippen LogP contribution is -2.57. The van der Waals surface area contributed by atoms with Crippen LogP contribution < -0.4 is 9.64 Å². The summed E-state index contributed by atoms with van der Waals surface area (Å²) >= 11 is 0. The largest absolute Gasteiger partial charge is 0.495 e. The summed E-state index contributed by atoms with van der Waals surface area (Å²) < 4.78 is 43.5. The van der Waals surface area contributed by atoms with Gasteiger partial charge in [-0.15, -0.1) is 0 Å². The molecule has 1 saturated heterocycles. The van der Waals surface area contributed by atoms with Crippen LogP contribution in [0.3, 0.4) is 0 Å². The summed E-state index contributed by atoms with van der Waals surface area (Å²) in [7, 11) is 1.52. The standard InChI is InChI=1S/C21H21F3N2O3/c1-13-4-9-18(29-3)17(12-13)26-11-10-25(14(2)19(26)27)20(28)15-5-7-16(8-6-15)21(22,23)24/h4-9,12,14H,10-11H2,1-3H3/t14-/m1/s1. The van der Waals surface area contributed by atoms with E-state index in [2.05, 4.69) is 0 Å². The smallest absolute Gasteiger partial charge is 0.416 e. The number of anilines is 1. The van der Waals surface area contributed by atoms with Crippen molar-refractivity contribution in [3.05, 3.63) is 59.2 Å². The molecule has 154 valence electrons. The van der Waals surface area contributed by atoms with Crippen LogP contribution in [0.4, 0.5) is 18.9 Å². The predicted molar refractivity (Wildman–Crippen MR) is 102 cm³/mol. The molecule has 1 aliphatic rings. The molecule has 0 bridgehead atoms. The number of alkyl halides is 3. The number of rotatable bonds is 3. The summed E-state index contributed by atoms with van der Waals surface area (Å²) in [5, 5.41) is 0. The van der Waals surface area contributed by atoms with Crippen molar-refractivity contribution in [2.75, 3.05) is 25.1 Å². The number of piperazine rings is 1. The van der Waals surface area contributed by atoms with Gasteiger partial charge in [0.15, 0.2) is 0 Å². The second-order valence-electron chi connectivity index (χ2n) is 6.91. The molecule has 5 nitrogen and oxygen atoms in total. The molecule has 1 atom stereocenters. The molecule has 1 fully saturated rings. The third kappa shape index (κ3) is 4.06. The van der Waals surface area contributed by atoms with Crippen molar-refractivity contribution in [2.45, 2.75) is 26.1 Å². The number of nitrogens with zero attached hydrogens (tertiary/aromatic N) is 2. The van der Waals surface area contributed by atoms with E-state index in [1.54, 1.807) is 17.9 Å². The number of methoxy groups -OCH3 is 1. The van der Waals surface area contributed by atoms with Crippen molar-refractivity contribution in [2.24, 2.45) is 0 Å². The highest BCUT2D eigenvalue weighted by Crippen LogP contribution is 2.32. The van der Waals surface area contributed by atoms with Crippen LogP contribution in [-0.4, -0.2) is 43.0 Å². The number of carbonyl (C=O) groups excluding carboxylic acids is 2. The summed E-state index contributed by atoms with van der Waals surface area (Å²) in [5.41, 5.74) is 0.879. The van der Waals surface area contributed by atoms with Crippen LogP contribution in [0, 0.1) is 6.92 Å². The zero-order valence-electron chi connectivity index (χ0n) is 16.3. The van der Waals surface area contributed by atoms with Crippen LogP contribution in [0.2, 0.25) is 0 Å². The maximum atomic E-state index is 13.0. The van der Waals surface area contributed by atoms with Crippen molar-refractivity contribution in [3.63, 3.8) is 0 Å². The molecule has 1 heterocycles. The van der Waals surface area contributed by atoms with Gasteiger partial charge in [0, 0.05) is 18.7 Å². The van der Waals surface area contributed by atoms with Crippen LogP contribution in [0.25, 0.3) is 0 Å². The number of halogens is 3. The van der Waals surface area contributed by atoms with Crippen LogP contribution in [0.5, 0.6) is 5.75 Å². The number of hydrogen-bond acceptors (Lipinski definition) is 3. The molecule has 29 heavy (non-hydrogen) atoms. The summed E-state index contributed by atoms with van der Waals surface area (Å²) in [4.78, 5) is 28.7. The Hall–Kier alpha value is -3.03. The van der Waals surface area contributed by atoms with Gasteiger partial charge in [-0.05, 0) is 55.8 Å². The molecule has 0 radical (unpaired) electrons. The highest BCUT2D eigenvalue weighted by molar-refractivity contribution is 6.04. The van der Waals surface area contributed by atoms with Crippen molar-refractivity contribution in [3.8, 4) is 5.75 Å². The van der Waals surface area contributed by atoms with Gasteiger partial charge >= 0.3 is 6.18 Å². The highest BCUT2D eigenvalue weighted by atomic mass is 19.4. The molecule has 1 aliphatic heterocycles. The van der Waals surface area contributed by atoms with Gasteiger partial charge in [0.05, 0.1) is 18.4 Å². The maximum Gasteiger partial charge on any atom is 0.416 e.